The van der Waals surface area contributed by atoms with Gasteiger partial charge in [-0.3, -0.25) is 13.6 Å². The Morgan fingerprint density at radius 1 is 1.20 bits per heavy atom. The summed E-state index contributed by atoms with van der Waals surface area (Å²) in [4.78, 5) is 12.0. The van der Waals surface area contributed by atoms with Crippen LogP contribution in [0.25, 0.3) is 5.70 Å². The van der Waals surface area contributed by atoms with Gasteiger partial charge in [-0.2, -0.15) is 8.42 Å². The van der Waals surface area contributed by atoms with Crippen LogP contribution in [0.5, 0.6) is 0 Å². The molecule has 1 unspecified atom stereocenters. The lowest BCUT2D eigenvalue weighted by Crippen LogP contribution is -2.25. The topological polar surface area (TPSA) is 136 Å². The third kappa shape index (κ3) is 9.34. The van der Waals surface area contributed by atoms with Gasteiger partial charge in [-0.25, -0.2) is 0 Å². The summed E-state index contributed by atoms with van der Waals surface area (Å²) in [5.74, 6) is -0.674. The molecule has 8 nitrogen and oxygen atoms in total. The number of rotatable bonds is 11. The first-order chi connectivity index (χ1) is 11.7. The van der Waals surface area contributed by atoms with Crippen molar-refractivity contribution in [1.29, 1.82) is 0 Å². The molecule has 25 heavy (non-hydrogen) atoms. The second-order valence-electron chi connectivity index (χ2n) is 5.24. The van der Waals surface area contributed by atoms with E-state index < -0.39 is 21.2 Å². The van der Waals surface area contributed by atoms with E-state index in [0.29, 0.717) is 29.8 Å². The van der Waals surface area contributed by atoms with Crippen molar-refractivity contribution in [2.75, 3.05) is 24.6 Å². The second kappa shape index (κ2) is 10.3. The number of hydrogen-bond acceptors (Lipinski definition) is 6. The molecule has 10 heteroatoms. The van der Waals surface area contributed by atoms with Crippen LogP contribution < -0.4 is 10.6 Å². The number of carbonyl (C=O) groups is 1. The van der Waals surface area contributed by atoms with Gasteiger partial charge in [0.25, 0.3) is 16.0 Å². The summed E-state index contributed by atoms with van der Waals surface area (Å²) in [5.41, 5.74) is 1.59. The van der Waals surface area contributed by atoms with Gasteiger partial charge in [0.05, 0.1) is 5.75 Å². The highest BCUT2D eigenvalue weighted by atomic mass is 32.2. The zero-order valence-electron chi connectivity index (χ0n) is 13.6. The molecular weight excluding hydrogens is 368 g/mol. The van der Waals surface area contributed by atoms with Crippen LogP contribution in [-0.4, -0.2) is 52.2 Å². The van der Waals surface area contributed by atoms with Crippen LogP contribution in [0.2, 0.25) is 0 Å². The second-order valence-corrected chi connectivity index (χ2v) is 7.83. The molecule has 1 rings (SSSR count). The van der Waals surface area contributed by atoms with Crippen LogP contribution in [0.3, 0.4) is 0 Å². The van der Waals surface area contributed by atoms with Gasteiger partial charge in [-0.05, 0) is 30.5 Å². The van der Waals surface area contributed by atoms with E-state index >= 15 is 0 Å². The first-order valence-corrected chi connectivity index (χ1v) is 10.4. The average molecular weight is 389 g/mol. The van der Waals surface area contributed by atoms with E-state index in [1.165, 1.54) is 0 Å². The van der Waals surface area contributed by atoms with Crippen molar-refractivity contribution in [1.82, 2.24) is 10.6 Å². The maximum absolute atomic E-state index is 12.0. The van der Waals surface area contributed by atoms with Crippen LogP contribution >= 0.6 is 0 Å². The molecule has 1 aromatic carbocycles. The Balaban J connectivity index is 2.51. The molecule has 140 valence electrons. The smallest absolute Gasteiger partial charge is 0.264 e. The van der Waals surface area contributed by atoms with Gasteiger partial charge in [-0.1, -0.05) is 29.8 Å². The first kappa shape index (κ1) is 21.3. The Bertz CT molecular complexity index is 733. The molecule has 0 fully saturated rings. The third-order valence-electron chi connectivity index (χ3n) is 3.16. The molecule has 3 N–H and O–H groups in total. The lowest BCUT2D eigenvalue weighted by atomic mass is 10.1. The normalized spacial score (nSPS) is 12.4. The molecule has 0 saturated heterocycles. The zero-order valence-corrected chi connectivity index (χ0v) is 15.2. The molecule has 1 atom stereocenters. The molecule has 0 bridgehead atoms. The number of hydrogen-bond donors (Lipinski definition) is 3. The van der Waals surface area contributed by atoms with Crippen LogP contribution in [-0.2, 0) is 21.2 Å². The van der Waals surface area contributed by atoms with E-state index in [2.05, 4.69) is 17.2 Å². The van der Waals surface area contributed by atoms with Crippen molar-refractivity contribution in [2.24, 2.45) is 0 Å². The Labute approximate surface area is 149 Å². The fraction of sp³-hybridized carbons (Fsp3) is 0.400. The molecule has 0 aliphatic heterocycles. The van der Waals surface area contributed by atoms with Crippen LogP contribution in [0.15, 0.2) is 30.8 Å². The lowest BCUT2D eigenvalue weighted by Gasteiger charge is -2.11. The van der Waals surface area contributed by atoms with Crippen molar-refractivity contribution in [2.45, 2.75) is 12.8 Å². The van der Waals surface area contributed by atoms with Crippen molar-refractivity contribution < 1.29 is 26.5 Å². The molecule has 0 saturated carbocycles. The van der Waals surface area contributed by atoms with Crippen LogP contribution in [0.4, 0.5) is 0 Å². The average Bonchev–Trinajstić information content (AvgIpc) is 2.54. The van der Waals surface area contributed by atoms with Gasteiger partial charge < -0.3 is 15.2 Å². The van der Waals surface area contributed by atoms with E-state index in [0.717, 1.165) is 0 Å². The fourth-order valence-electron chi connectivity index (χ4n) is 1.94. The maximum Gasteiger partial charge on any atom is 0.264 e. The van der Waals surface area contributed by atoms with Gasteiger partial charge in [0.1, 0.15) is 0 Å². The van der Waals surface area contributed by atoms with Crippen LogP contribution in [0, 0.1) is 0 Å². The SMILES string of the molecule is C=C(NCCCS(=O)(=O)O)c1cccc(C(=O)NCCCS(=O)[O-])c1. The number of carbonyl (C=O) groups excluding carboxylic acids is 1. The minimum absolute atomic E-state index is 0.00932. The molecule has 1 aromatic rings. The summed E-state index contributed by atoms with van der Waals surface area (Å²) in [6.07, 6.45) is 0.558. The highest BCUT2D eigenvalue weighted by Crippen LogP contribution is 2.12. The Morgan fingerprint density at radius 2 is 1.84 bits per heavy atom. The molecule has 0 radical (unpaired) electrons. The van der Waals surface area contributed by atoms with E-state index in [9.17, 15) is 22.0 Å². The molecule has 0 heterocycles. The van der Waals surface area contributed by atoms with Gasteiger partial charge >= 0.3 is 0 Å². The van der Waals surface area contributed by atoms with Gasteiger partial charge in [-0.15, -0.1) is 0 Å². The number of amides is 1. The van der Waals surface area contributed by atoms with Crippen LogP contribution in [0.1, 0.15) is 28.8 Å². The molecule has 0 aliphatic rings. The van der Waals surface area contributed by atoms with E-state index in [-0.39, 0.29) is 30.4 Å². The largest absolute Gasteiger partial charge is 0.772 e. The standard InChI is InChI=1S/C15H22N2O6S2/c1-12(16-8-4-10-25(21,22)23)13-5-2-6-14(11-13)15(18)17-7-3-9-24(19)20/h2,5-6,11,16H,1,3-4,7-10H2,(H,17,18)(H,19,20)(H,21,22,23)/p-1. The Kier molecular flexibility index (Phi) is 8.76. The summed E-state index contributed by atoms with van der Waals surface area (Å²) in [6, 6.07) is 6.67. The van der Waals surface area contributed by atoms with E-state index in [4.69, 9.17) is 4.55 Å². The molecule has 0 aromatic heterocycles. The van der Waals surface area contributed by atoms with Gasteiger partial charge in [0.15, 0.2) is 0 Å². The van der Waals surface area contributed by atoms with Crippen molar-refractivity contribution >= 4 is 32.8 Å². The first-order valence-electron chi connectivity index (χ1n) is 7.51. The summed E-state index contributed by atoms with van der Waals surface area (Å²) in [6.45, 7) is 4.39. The summed E-state index contributed by atoms with van der Waals surface area (Å²) in [5, 5.41) is 5.56. The van der Waals surface area contributed by atoms with Gasteiger partial charge in [0, 0.05) is 30.1 Å². The fourth-order valence-corrected chi connectivity index (χ4v) is 2.83. The summed E-state index contributed by atoms with van der Waals surface area (Å²) < 4.78 is 50.8. The van der Waals surface area contributed by atoms with E-state index in [1.807, 2.05) is 0 Å². The monoisotopic (exact) mass is 389 g/mol. The third-order valence-corrected chi connectivity index (χ3v) is 4.59. The highest BCUT2D eigenvalue weighted by Gasteiger charge is 2.08. The lowest BCUT2D eigenvalue weighted by molar-refractivity contribution is 0.0953. The minimum atomic E-state index is -3.98. The van der Waals surface area contributed by atoms with Gasteiger partial charge in [0.2, 0.25) is 0 Å². The van der Waals surface area contributed by atoms with Crippen molar-refractivity contribution in [3.05, 3.63) is 42.0 Å². The predicted octanol–water partition coefficient (Wildman–Crippen LogP) is 0.524. The molecule has 0 aliphatic carbocycles. The van der Waals surface area contributed by atoms with Crippen molar-refractivity contribution in [3.8, 4) is 0 Å². The Hall–Kier alpha value is -1.75. The highest BCUT2D eigenvalue weighted by molar-refractivity contribution is 7.85. The molecule has 0 spiro atoms. The summed E-state index contributed by atoms with van der Waals surface area (Å²) in [7, 11) is -3.98. The summed E-state index contributed by atoms with van der Waals surface area (Å²) >= 11 is -2.12. The maximum atomic E-state index is 12.0. The molecule has 1 amide bonds. The van der Waals surface area contributed by atoms with Crippen molar-refractivity contribution in [3.63, 3.8) is 0 Å². The van der Waals surface area contributed by atoms with E-state index in [1.54, 1.807) is 24.3 Å². The molecular formula is C15H21N2O6S2-. The quantitative estimate of drug-likeness (QED) is 0.285. The minimum Gasteiger partial charge on any atom is -0.772 e. The Morgan fingerprint density at radius 3 is 2.48 bits per heavy atom. The zero-order chi connectivity index (χ0) is 18.9. The number of nitrogens with one attached hydrogen (secondary N) is 2. The number of benzene rings is 1. The predicted molar refractivity (Wildman–Crippen MR) is 95.2 cm³/mol.